The molecule has 0 bridgehead atoms. The topological polar surface area (TPSA) is 71.1 Å². The van der Waals surface area contributed by atoms with Gasteiger partial charge in [-0.25, -0.2) is 4.79 Å². The fourth-order valence-electron chi connectivity index (χ4n) is 2.19. The van der Waals surface area contributed by atoms with E-state index in [2.05, 4.69) is 4.74 Å². The molecule has 0 aliphatic heterocycles. The average molecular weight is 322 g/mol. The van der Waals surface area contributed by atoms with Crippen molar-refractivity contribution >= 4 is 11.9 Å². The lowest BCUT2D eigenvalue weighted by atomic mass is 9.92. The lowest BCUT2D eigenvalue weighted by molar-refractivity contribution is -0.146. The number of rotatable bonds is 7. The van der Waals surface area contributed by atoms with E-state index in [4.69, 9.17) is 14.2 Å². The van der Waals surface area contributed by atoms with Gasteiger partial charge in [0.25, 0.3) is 0 Å². The second-order valence-electron chi connectivity index (χ2n) is 4.83. The van der Waals surface area contributed by atoms with Gasteiger partial charge in [0.2, 0.25) is 0 Å². The van der Waals surface area contributed by atoms with Crippen LogP contribution < -0.4 is 9.47 Å². The van der Waals surface area contributed by atoms with Crippen molar-refractivity contribution in [1.29, 1.82) is 0 Å². The van der Waals surface area contributed by atoms with Crippen LogP contribution in [0.1, 0.15) is 25.3 Å². The van der Waals surface area contributed by atoms with Crippen LogP contribution in [-0.2, 0) is 19.1 Å². The Labute approximate surface area is 136 Å². The molecule has 6 heteroatoms. The van der Waals surface area contributed by atoms with Crippen LogP contribution in [-0.4, -0.2) is 39.4 Å². The molecule has 126 valence electrons. The highest BCUT2D eigenvalue weighted by Gasteiger charge is 2.23. The minimum atomic E-state index is -0.490. The highest BCUT2D eigenvalue weighted by molar-refractivity contribution is 5.82. The van der Waals surface area contributed by atoms with E-state index < -0.39 is 18.0 Å². The van der Waals surface area contributed by atoms with Crippen LogP contribution >= 0.6 is 0 Å². The van der Waals surface area contributed by atoms with Gasteiger partial charge in [-0.2, -0.15) is 0 Å². The first-order valence-corrected chi connectivity index (χ1v) is 7.08. The maximum Gasteiger partial charge on any atom is 0.330 e. The molecular formula is C17H22O6. The first-order chi connectivity index (χ1) is 10.9. The molecule has 0 aliphatic rings. The van der Waals surface area contributed by atoms with Crippen LogP contribution in [0.5, 0.6) is 11.5 Å². The zero-order valence-electron chi connectivity index (χ0n) is 14.0. The number of carbonyl (C=O) groups excluding carboxylic acids is 2. The SMILES string of the molecule is COC(=O)/C=C/[C@@H](c1ccc(OC)cc1OC)[C@H](C)OC(C)=O. The lowest BCUT2D eigenvalue weighted by Crippen LogP contribution is -2.21. The van der Waals surface area contributed by atoms with Crippen molar-refractivity contribution in [3.05, 3.63) is 35.9 Å². The Morgan fingerprint density at radius 1 is 1.13 bits per heavy atom. The Hall–Kier alpha value is -2.50. The molecule has 1 aromatic carbocycles. The molecule has 2 atom stereocenters. The minimum absolute atomic E-state index is 0.376. The van der Waals surface area contributed by atoms with Gasteiger partial charge in [-0.15, -0.1) is 0 Å². The molecule has 0 radical (unpaired) electrons. The van der Waals surface area contributed by atoms with Gasteiger partial charge in [-0.1, -0.05) is 12.1 Å². The molecule has 0 heterocycles. The Morgan fingerprint density at radius 2 is 1.83 bits per heavy atom. The molecule has 0 amide bonds. The highest BCUT2D eigenvalue weighted by atomic mass is 16.5. The lowest BCUT2D eigenvalue weighted by Gasteiger charge is -2.23. The number of carbonyl (C=O) groups is 2. The van der Waals surface area contributed by atoms with E-state index in [1.165, 1.54) is 27.2 Å². The summed E-state index contributed by atoms with van der Waals surface area (Å²) in [7, 11) is 4.39. The third-order valence-electron chi connectivity index (χ3n) is 3.30. The third kappa shape index (κ3) is 5.32. The van der Waals surface area contributed by atoms with Crippen molar-refractivity contribution in [2.24, 2.45) is 0 Å². The molecule has 0 saturated heterocycles. The molecule has 0 aliphatic carbocycles. The highest BCUT2D eigenvalue weighted by Crippen LogP contribution is 2.34. The summed E-state index contributed by atoms with van der Waals surface area (Å²) in [6.07, 6.45) is 2.44. The molecule has 0 spiro atoms. The molecule has 1 aromatic rings. The van der Waals surface area contributed by atoms with Crippen LogP contribution in [0.15, 0.2) is 30.4 Å². The summed E-state index contributed by atoms with van der Waals surface area (Å²) in [4.78, 5) is 22.6. The number of esters is 2. The van der Waals surface area contributed by atoms with Gasteiger partial charge in [0.05, 0.1) is 21.3 Å². The van der Waals surface area contributed by atoms with E-state index in [1.54, 1.807) is 32.2 Å². The molecule has 1 rings (SSSR count). The molecular weight excluding hydrogens is 300 g/mol. The van der Waals surface area contributed by atoms with Crippen LogP contribution in [0.4, 0.5) is 0 Å². The largest absolute Gasteiger partial charge is 0.497 e. The Morgan fingerprint density at radius 3 is 2.35 bits per heavy atom. The normalized spacial score (nSPS) is 13.3. The van der Waals surface area contributed by atoms with E-state index in [-0.39, 0.29) is 5.92 Å². The molecule has 0 fully saturated rings. The predicted octanol–water partition coefficient (Wildman–Crippen LogP) is 2.47. The van der Waals surface area contributed by atoms with E-state index in [0.717, 1.165) is 5.56 Å². The summed E-state index contributed by atoms with van der Waals surface area (Å²) in [5.74, 6) is -0.0536. The fourth-order valence-corrected chi connectivity index (χ4v) is 2.19. The monoisotopic (exact) mass is 322 g/mol. The second kappa shape index (κ2) is 8.82. The maximum atomic E-state index is 11.4. The fraction of sp³-hybridized carbons (Fsp3) is 0.412. The van der Waals surface area contributed by atoms with Crippen LogP contribution in [0.25, 0.3) is 0 Å². The summed E-state index contributed by atoms with van der Waals surface area (Å²) in [5.41, 5.74) is 0.766. The molecule has 0 unspecified atom stereocenters. The number of hydrogen-bond acceptors (Lipinski definition) is 6. The number of hydrogen-bond donors (Lipinski definition) is 0. The van der Waals surface area contributed by atoms with Crippen molar-refractivity contribution in [2.45, 2.75) is 25.9 Å². The summed E-state index contributed by atoms with van der Waals surface area (Å²) in [5, 5.41) is 0. The molecule has 0 N–H and O–H groups in total. The van der Waals surface area contributed by atoms with E-state index in [1.807, 2.05) is 6.07 Å². The van der Waals surface area contributed by atoms with E-state index >= 15 is 0 Å². The summed E-state index contributed by atoms with van der Waals surface area (Å²) < 4.78 is 20.4. The standard InChI is InChI=1S/C17H22O6/c1-11(23-12(2)18)14(8-9-17(19)22-5)15-7-6-13(20-3)10-16(15)21-4/h6-11,14H,1-5H3/b9-8+/t11-,14+/m0/s1. The molecule has 0 aromatic heterocycles. The third-order valence-corrected chi connectivity index (χ3v) is 3.30. The van der Waals surface area contributed by atoms with Crippen LogP contribution in [0, 0.1) is 0 Å². The van der Waals surface area contributed by atoms with Gasteiger partial charge in [-0.3, -0.25) is 4.79 Å². The van der Waals surface area contributed by atoms with Crippen molar-refractivity contribution < 1.29 is 28.5 Å². The van der Waals surface area contributed by atoms with Gasteiger partial charge < -0.3 is 18.9 Å². The maximum absolute atomic E-state index is 11.4. The van der Waals surface area contributed by atoms with Crippen molar-refractivity contribution in [3.8, 4) is 11.5 Å². The zero-order valence-corrected chi connectivity index (χ0v) is 14.0. The quantitative estimate of drug-likeness (QED) is 0.567. The van der Waals surface area contributed by atoms with Gasteiger partial charge in [0.15, 0.2) is 0 Å². The number of benzene rings is 1. The zero-order chi connectivity index (χ0) is 17.4. The molecule has 6 nitrogen and oxygen atoms in total. The first-order valence-electron chi connectivity index (χ1n) is 7.08. The minimum Gasteiger partial charge on any atom is -0.497 e. The Balaban J connectivity index is 3.24. The Kier molecular flexibility index (Phi) is 7.12. The van der Waals surface area contributed by atoms with Crippen molar-refractivity contribution in [2.75, 3.05) is 21.3 Å². The van der Waals surface area contributed by atoms with Gasteiger partial charge in [0, 0.05) is 30.5 Å². The summed E-state index contributed by atoms with van der Waals surface area (Å²) in [6.45, 7) is 3.08. The number of methoxy groups -OCH3 is 3. The Bertz CT molecular complexity index is 578. The van der Waals surface area contributed by atoms with Crippen molar-refractivity contribution in [3.63, 3.8) is 0 Å². The first kappa shape index (κ1) is 18.5. The molecule has 23 heavy (non-hydrogen) atoms. The van der Waals surface area contributed by atoms with Crippen LogP contribution in [0.2, 0.25) is 0 Å². The summed E-state index contributed by atoms with van der Waals surface area (Å²) in [6, 6.07) is 5.32. The summed E-state index contributed by atoms with van der Waals surface area (Å²) >= 11 is 0. The molecule has 0 saturated carbocycles. The number of ether oxygens (including phenoxy) is 4. The van der Waals surface area contributed by atoms with Crippen LogP contribution in [0.3, 0.4) is 0 Å². The van der Waals surface area contributed by atoms with Crippen molar-refractivity contribution in [1.82, 2.24) is 0 Å². The van der Waals surface area contributed by atoms with Gasteiger partial charge in [-0.05, 0) is 13.0 Å². The smallest absolute Gasteiger partial charge is 0.330 e. The van der Waals surface area contributed by atoms with E-state index in [0.29, 0.717) is 11.5 Å². The van der Waals surface area contributed by atoms with Gasteiger partial charge >= 0.3 is 11.9 Å². The second-order valence-corrected chi connectivity index (χ2v) is 4.83. The average Bonchev–Trinajstić information content (AvgIpc) is 2.54. The predicted molar refractivity (Wildman–Crippen MR) is 84.7 cm³/mol. The van der Waals surface area contributed by atoms with E-state index in [9.17, 15) is 9.59 Å². The van der Waals surface area contributed by atoms with Gasteiger partial charge in [0.1, 0.15) is 17.6 Å².